The third kappa shape index (κ3) is 4.33. The second-order valence-electron chi connectivity index (χ2n) is 5.35. The lowest BCUT2D eigenvalue weighted by molar-refractivity contribution is 0.0992. The van der Waals surface area contributed by atoms with E-state index >= 15 is 0 Å². The summed E-state index contributed by atoms with van der Waals surface area (Å²) in [4.78, 5) is 13.6. The monoisotopic (exact) mass is 318 g/mol. The summed E-state index contributed by atoms with van der Waals surface area (Å²) in [5.41, 5.74) is 3.17. The zero-order chi connectivity index (χ0) is 15.9. The van der Waals surface area contributed by atoms with E-state index in [0.29, 0.717) is 6.42 Å². The number of ketones is 1. The summed E-state index contributed by atoms with van der Waals surface area (Å²) in [7, 11) is 0. The molecule has 1 nitrogen and oxygen atoms in total. The Balaban J connectivity index is 1.72. The third-order valence-corrected chi connectivity index (χ3v) is 4.84. The predicted octanol–water partition coefficient (Wildman–Crippen LogP) is 5.40. The summed E-state index contributed by atoms with van der Waals surface area (Å²) in [6.45, 7) is 0. The molecule has 0 bridgehead atoms. The van der Waals surface area contributed by atoms with Gasteiger partial charge >= 0.3 is 0 Å². The van der Waals surface area contributed by atoms with Crippen molar-refractivity contribution >= 4 is 17.5 Å². The van der Waals surface area contributed by atoms with Crippen LogP contribution >= 0.6 is 11.8 Å². The molecule has 114 valence electrons. The molecule has 2 heteroatoms. The maximum atomic E-state index is 12.4. The Morgan fingerprint density at radius 2 is 1.35 bits per heavy atom. The van der Waals surface area contributed by atoms with Gasteiger partial charge < -0.3 is 0 Å². The SMILES string of the molecule is O=C(Cc1ccccc1SCc1ccccc1)c1ccccc1. The molecule has 0 spiro atoms. The first-order valence-corrected chi connectivity index (χ1v) is 8.64. The fourth-order valence-corrected chi connectivity index (χ4v) is 3.44. The van der Waals surface area contributed by atoms with Crippen molar-refractivity contribution in [3.63, 3.8) is 0 Å². The highest BCUT2D eigenvalue weighted by Gasteiger charge is 2.10. The van der Waals surface area contributed by atoms with Crippen molar-refractivity contribution < 1.29 is 4.79 Å². The van der Waals surface area contributed by atoms with Gasteiger partial charge in [-0.15, -0.1) is 11.8 Å². The molecule has 0 atom stereocenters. The molecule has 0 aliphatic rings. The minimum Gasteiger partial charge on any atom is -0.294 e. The van der Waals surface area contributed by atoms with Crippen molar-refractivity contribution in [2.75, 3.05) is 0 Å². The van der Waals surface area contributed by atoms with Crippen LogP contribution in [0.3, 0.4) is 0 Å². The van der Waals surface area contributed by atoms with Gasteiger partial charge in [-0.3, -0.25) is 4.79 Å². The van der Waals surface area contributed by atoms with Crippen LogP contribution in [0.2, 0.25) is 0 Å². The first kappa shape index (κ1) is 15.6. The van der Waals surface area contributed by atoms with E-state index in [1.807, 2.05) is 54.6 Å². The number of carbonyl (C=O) groups excluding carboxylic acids is 1. The molecule has 0 fully saturated rings. The quantitative estimate of drug-likeness (QED) is 0.447. The molecule has 3 aromatic rings. The summed E-state index contributed by atoms with van der Waals surface area (Å²) in [5, 5.41) is 0. The zero-order valence-corrected chi connectivity index (χ0v) is 13.6. The van der Waals surface area contributed by atoms with E-state index in [2.05, 4.69) is 30.3 Å². The number of hydrogen-bond acceptors (Lipinski definition) is 2. The number of Topliss-reactive ketones (excluding diaryl/α,β-unsaturated/α-hetero) is 1. The second kappa shape index (κ2) is 7.80. The Morgan fingerprint density at radius 3 is 2.09 bits per heavy atom. The smallest absolute Gasteiger partial charge is 0.167 e. The van der Waals surface area contributed by atoms with E-state index < -0.39 is 0 Å². The Labute approximate surface area is 141 Å². The number of thioether (sulfide) groups is 1. The zero-order valence-electron chi connectivity index (χ0n) is 12.8. The molecule has 0 N–H and O–H groups in total. The lowest BCUT2D eigenvalue weighted by Gasteiger charge is -2.09. The Morgan fingerprint density at radius 1 is 0.739 bits per heavy atom. The van der Waals surface area contributed by atoms with Crippen LogP contribution in [-0.2, 0) is 12.2 Å². The lowest BCUT2D eigenvalue weighted by atomic mass is 10.0. The summed E-state index contributed by atoms with van der Waals surface area (Å²) in [6, 6.07) is 28.1. The number of carbonyl (C=O) groups is 1. The standard InChI is InChI=1S/C21H18OS/c22-20(18-11-5-2-6-12-18)15-19-13-7-8-14-21(19)23-16-17-9-3-1-4-10-17/h1-14H,15-16H2. The highest BCUT2D eigenvalue weighted by Crippen LogP contribution is 2.27. The molecule has 0 aliphatic heterocycles. The van der Waals surface area contributed by atoms with Gasteiger partial charge in [0.25, 0.3) is 0 Å². The lowest BCUT2D eigenvalue weighted by Crippen LogP contribution is -2.04. The largest absolute Gasteiger partial charge is 0.294 e. The van der Waals surface area contributed by atoms with E-state index in [4.69, 9.17) is 0 Å². The van der Waals surface area contributed by atoms with Crippen LogP contribution in [0.15, 0.2) is 89.8 Å². The van der Waals surface area contributed by atoms with E-state index in [1.54, 1.807) is 11.8 Å². The summed E-state index contributed by atoms with van der Waals surface area (Å²) >= 11 is 1.79. The van der Waals surface area contributed by atoms with Crippen molar-refractivity contribution in [3.8, 4) is 0 Å². The molecule has 0 aromatic heterocycles. The van der Waals surface area contributed by atoms with Crippen molar-refractivity contribution in [2.45, 2.75) is 17.1 Å². The highest BCUT2D eigenvalue weighted by molar-refractivity contribution is 7.98. The van der Waals surface area contributed by atoms with E-state index in [0.717, 1.165) is 16.9 Å². The fraction of sp³-hybridized carbons (Fsp3) is 0.0952. The fourth-order valence-electron chi connectivity index (χ4n) is 2.43. The predicted molar refractivity (Wildman–Crippen MR) is 96.9 cm³/mol. The molecule has 3 aromatic carbocycles. The van der Waals surface area contributed by atoms with Crippen LogP contribution in [0.1, 0.15) is 21.5 Å². The number of rotatable bonds is 6. The third-order valence-electron chi connectivity index (χ3n) is 3.66. The van der Waals surface area contributed by atoms with E-state index in [1.165, 1.54) is 10.5 Å². The van der Waals surface area contributed by atoms with Gasteiger partial charge in [-0.2, -0.15) is 0 Å². The number of hydrogen-bond donors (Lipinski definition) is 0. The summed E-state index contributed by atoms with van der Waals surface area (Å²) < 4.78 is 0. The topological polar surface area (TPSA) is 17.1 Å². The van der Waals surface area contributed by atoms with E-state index in [-0.39, 0.29) is 5.78 Å². The Hall–Kier alpha value is -2.32. The number of benzene rings is 3. The second-order valence-corrected chi connectivity index (χ2v) is 6.37. The molecule has 0 heterocycles. The van der Waals surface area contributed by atoms with Gasteiger partial charge in [0.05, 0.1) is 0 Å². The van der Waals surface area contributed by atoms with Crippen molar-refractivity contribution in [3.05, 3.63) is 102 Å². The van der Waals surface area contributed by atoms with Gasteiger partial charge in [0.1, 0.15) is 0 Å². The normalized spacial score (nSPS) is 10.4. The molecule has 0 saturated carbocycles. The molecule has 3 rings (SSSR count). The van der Waals surface area contributed by atoms with Crippen LogP contribution in [0.4, 0.5) is 0 Å². The molecule has 0 saturated heterocycles. The van der Waals surface area contributed by atoms with Crippen molar-refractivity contribution in [2.24, 2.45) is 0 Å². The van der Waals surface area contributed by atoms with Crippen LogP contribution in [0, 0.1) is 0 Å². The van der Waals surface area contributed by atoms with Gasteiger partial charge in [-0.05, 0) is 17.2 Å². The van der Waals surface area contributed by atoms with Crippen molar-refractivity contribution in [1.82, 2.24) is 0 Å². The minimum absolute atomic E-state index is 0.165. The first-order valence-electron chi connectivity index (χ1n) is 7.66. The molecule has 0 amide bonds. The average molecular weight is 318 g/mol. The van der Waals surface area contributed by atoms with Crippen LogP contribution in [0.25, 0.3) is 0 Å². The van der Waals surface area contributed by atoms with Crippen LogP contribution < -0.4 is 0 Å². The molecular weight excluding hydrogens is 300 g/mol. The van der Waals surface area contributed by atoms with Gasteiger partial charge in [0.15, 0.2) is 5.78 Å². The average Bonchev–Trinajstić information content (AvgIpc) is 2.62. The van der Waals surface area contributed by atoms with Gasteiger partial charge in [0.2, 0.25) is 0 Å². The maximum absolute atomic E-state index is 12.4. The molecule has 0 unspecified atom stereocenters. The highest BCUT2D eigenvalue weighted by atomic mass is 32.2. The maximum Gasteiger partial charge on any atom is 0.167 e. The Kier molecular flexibility index (Phi) is 5.28. The molecule has 23 heavy (non-hydrogen) atoms. The summed E-state index contributed by atoms with van der Waals surface area (Å²) in [5.74, 6) is 1.08. The van der Waals surface area contributed by atoms with Crippen LogP contribution in [0.5, 0.6) is 0 Å². The minimum atomic E-state index is 0.165. The molecular formula is C21H18OS. The van der Waals surface area contributed by atoms with Gasteiger partial charge in [0, 0.05) is 22.6 Å². The van der Waals surface area contributed by atoms with Crippen LogP contribution in [-0.4, -0.2) is 5.78 Å². The van der Waals surface area contributed by atoms with Gasteiger partial charge in [-0.1, -0.05) is 78.9 Å². The molecule has 0 radical (unpaired) electrons. The summed E-state index contributed by atoms with van der Waals surface area (Å²) in [6.07, 6.45) is 0.446. The Bertz CT molecular complexity index is 766. The molecule has 0 aliphatic carbocycles. The first-order chi connectivity index (χ1) is 11.3. The van der Waals surface area contributed by atoms with Crippen molar-refractivity contribution in [1.29, 1.82) is 0 Å². The van der Waals surface area contributed by atoms with E-state index in [9.17, 15) is 4.79 Å². The van der Waals surface area contributed by atoms with Gasteiger partial charge in [-0.25, -0.2) is 0 Å².